The summed E-state index contributed by atoms with van der Waals surface area (Å²) in [6.45, 7) is 4.85. The fourth-order valence-corrected chi connectivity index (χ4v) is 1.03. The molecular weight excluding hydrogens is 156 g/mol. The molecule has 1 unspecified atom stereocenters. The molecule has 0 radical (unpaired) electrons. The van der Waals surface area contributed by atoms with Crippen LogP contribution in [0.1, 0.15) is 20.3 Å². The fourth-order valence-electron chi connectivity index (χ4n) is 1.03. The van der Waals surface area contributed by atoms with Gasteiger partial charge in [-0.05, 0) is 20.3 Å². The number of aliphatic hydroxyl groups is 2. The maximum absolute atomic E-state index is 9.39. The van der Waals surface area contributed by atoms with E-state index in [9.17, 15) is 5.11 Å². The number of aliphatic hydroxyl groups excluding tert-OH is 2. The number of rotatable bonds is 6. The minimum absolute atomic E-state index is 0.0960. The van der Waals surface area contributed by atoms with Crippen molar-refractivity contribution >= 4 is 0 Å². The molecule has 0 aliphatic carbocycles. The standard InChI is InChI=1S/C8H20N2O2/c1-8(2,9)5-7(12)6-10-3-4-11/h7,10-12H,3-6,9H2,1-2H3. The van der Waals surface area contributed by atoms with Crippen molar-refractivity contribution in [2.45, 2.75) is 31.9 Å². The number of hydrogen-bond donors (Lipinski definition) is 4. The molecule has 12 heavy (non-hydrogen) atoms. The van der Waals surface area contributed by atoms with Crippen LogP contribution < -0.4 is 11.1 Å². The van der Waals surface area contributed by atoms with Crippen LogP contribution in [-0.4, -0.2) is 41.6 Å². The second-order valence-corrected chi connectivity index (χ2v) is 3.77. The molecule has 0 bridgehead atoms. The van der Waals surface area contributed by atoms with Crippen molar-refractivity contribution in [2.75, 3.05) is 19.7 Å². The first-order valence-electron chi connectivity index (χ1n) is 4.24. The Kier molecular flexibility index (Phi) is 5.41. The van der Waals surface area contributed by atoms with Crippen LogP contribution in [-0.2, 0) is 0 Å². The van der Waals surface area contributed by atoms with Gasteiger partial charge in [-0.15, -0.1) is 0 Å². The van der Waals surface area contributed by atoms with Gasteiger partial charge in [-0.3, -0.25) is 0 Å². The molecule has 0 fully saturated rings. The summed E-state index contributed by atoms with van der Waals surface area (Å²) in [5.74, 6) is 0. The largest absolute Gasteiger partial charge is 0.395 e. The topological polar surface area (TPSA) is 78.5 Å². The van der Waals surface area contributed by atoms with E-state index in [1.807, 2.05) is 13.8 Å². The summed E-state index contributed by atoms with van der Waals surface area (Å²) < 4.78 is 0. The molecule has 0 heterocycles. The Morgan fingerprint density at radius 1 is 1.50 bits per heavy atom. The van der Waals surface area contributed by atoms with Gasteiger partial charge in [-0.25, -0.2) is 0 Å². The first-order chi connectivity index (χ1) is 5.45. The maximum atomic E-state index is 9.39. The normalized spacial score (nSPS) is 14.8. The Morgan fingerprint density at radius 2 is 2.08 bits per heavy atom. The van der Waals surface area contributed by atoms with Gasteiger partial charge < -0.3 is 21.3 Å². The number of nitrogens with one attached hydrogen (secondary N) is 1. The second-order valence-electron chi connectivity index (χ2n) is 3.77. The Morgan fingerprint density at radius 3 is 2.50 bits per heavy atom. The lowest BCUT2D eigenvalue weighted by Crippen LogP contribution is -2.40. The summed E-state index contributed by atoms with van der Waals surface area (Å²) in [6.07, 6.45) is 0.127. The molecule has 5 N–H and O–H groups in total. The average molecular weight is 176 g/mol. The van der Waals surface area contributed by atoms with Gasteiger partial charge in [0.1, 0.15) is 0 Å². The average Bonchev–Trinajstić information content (AvgIpc) is 1.84. The van der Waals surface area contributed by atoms with Crippen molar-refractivity contribution in [1.29, 1.82) is 0 Å². The molecule has 0 aromatic heterocycles. The van der Waals surface area contributed by atoms with E-state index < -0.39 is 6.10 Å². The quantitative estimate of drug-likeness (QED) is 0.394. The van der Waals surface area contributed by atoms with Crippen molar-refractivity contribution in [3.05, 3.63) is 0 Å². The molecule has 4 nitrogen and oxygen atoms in total. The van der Waals surface area contributed by atoms with Gasteiger partial charge in [0.25, 0.3) is 0 Å². The van der Waals surface area contributed by atoms with Gasteiger partial charge in [0.15, 0.2) is 0 Å². The first-order valence-corrected chi connectivity index (χ1v) is 4.24. The van der Waals surface area contributed by atoms with E-state index in [4.69, 9.17) is 10.8 Å². The van der Waals surface area contributed by atoms with Gasteiger partial charge >= 0.3 is 0 Å². The van der Waals surface area contributed by atoms with Gasteiger partial charge in [-0.1, -0.05) is 0 Å². The van der Waals surface area contributed by atoms with Gasteiger partial charge in [0.2, 0.25) is 0 Å². The van der Waals surface area contributed by atoms with Crippen LogP contribution in [0.15, 0.2) is 0 Å². The number of nitrogens with two attached hydrogens (primary N) is 1. The second kappa shape index (κ2) is 5.48. The molecule has 4 heteroatoms. The van der Waals surface area contributed by atoms with Crippen LogP contribution >= 0.6 is 0 Å². The highest BCUT2D eigenvalue weighted by Crippen LogP contribution is 2.06. The summed E-state index contributed by atoms with van der Waals surface area (Å²) in [6, 6.07) is 0. The van der Waals surface area contributed by atoms with Crippen LogP contribution in [0, 0.1) is 0 Å². The monoisotopic (exact) mass is 176 g/mol. The molecule has 0 saturated carbocycles. The third kappa shape index (κ3) is 7.94. The molecule has 0 spiro atoms. The lowest BCUT2D eigenvalue weighted by atomic mass is 9.98. The lowest BCUT2D eigenvalue weighted by molar-refractivity contribution is 0.136. The number of hydrogen-bond acceptors (Lipinski definition) is 4. The van der Waals surface area contributed by atoms with Crippen molar-refractivity contribution < 1.29 is 10.2 Å². The fraction of sp³-hybridized carbons (Fsp3) is 1.00. The predicted octanol–water partition coefficient (Wildman–Crippen LogP) is -0.943. The van der Waals surface area contributed by atoms with Crippen molar-refractivity contribution in [2.24, 2.45) is 5.73 Å². The molecule has 0 saturated heterocycles. The van der Waals surface area contributed by atoms with E-state index in [1.54, 1.807) is 0 Å². The molecule has 0 rings (SSSR count). The van der Waals surface area contributed by atoms with E-state index in [-0.39, 0.29) is 12.1 Å². The predicted molar refractivity (Wildman–Crippen MR) is 48.8 cm³/mol. The Balaban J connectivity index is 3.40. The summed E-state index contributed by atoms with van der Waals surface area (Å²) in [5.41, 5.74) is 5.37. The summed E-state index contributed by atoms with van der Waals surface area (Å²) >= 11 is 0. The van der Waals surface area contributed by atoms with Crippen LogP contribution in [0.3, 0.4) is 0 Å². The highest BCUT2D eigenvalue weighted by Gasteiger charge is 2.16. The minimum atomic E-state index is -0.434. The molecule has 0 aliphatic heterocycles. The van der Waals surface area contributed by atoms with Crippen LogP contribution in [0.2, 0.25) is 0 Å². The van der Waals surface area contributed by atoms with Crippen molar-refractivity contribution in [1.82, 2.24) is 5.32 Å². The maximum Gasteiger partial charge on any atom is 0.0681 e. The molecule has 0 aliphatic rings. The molecule has 74 valence electrons. The summed E-state index contributed by atoms with van der Waals surface area (Å²) in [4.78, 5) is 0. The highest BCUT2D eigenvalue weighted by atomic mass is 16.3. The molecular formula is C8H20N2O2. The van der Waals surface area contributed by atoms with Crippen molar-refractivity contribution in [3.8, 4) is 0 Å². The van der Waals surface area contributed by atoms with Crippen molar-refractivity contribution in [3.63, 3.8) is 0 Å². The Bertz CT molecular complexity index is 112. The molecule has 1 atom stereocenters. The lowest BCUT2D eigenvalue weighted by Gasteiger charge is -2.22. The van der Waals surface area contributed by atoms with E-state index in [1.165, 1.54) is 0 Å². The van der Waals surface area contributed by atoms with E-state index in [0.717, 1.165) is 0 Å². The Labute approximate surface area is 73.8 Å². The van der Waals surface area contributed by atoms with Crippen LogP contribution in [0.25, 0.3) is 0 Å². The smallest absolute Gasteiger partial charge is 0.0681 e. The first kappa shape index (κ1) is 11.8. The third-order valence-electron chi connectivity index (χ3n) is 1.43. The zero-order chi connectivity index (χ0) is 9.61. The zero-order valence-corrected chi connectivity index (χ0v) is 7.88. The van der Waals surface area contributed by atoms with Gasteiger partial charge in [-0.2, -0.15) is 0 Å². The van der Waals surface area contributed by atoms with Gasteiger partial charge in [0.05, 0.1) is 12.7 Å². The summed E-state index contributed by atoms with van der Waals surface area (Å²) in [5, 5.41) is 20.7. The highest BCUT2D eigenvalue weighted by molar-refractivity contribution is 4.77. The van der Waals surface area contributed by atoms with E-state index in [0.29, 0.717) is 19.5 Å². The molecule has 0 amide bonds. The van der Waals surface area contributed by atoms with E-state index in [2.05, 4.69) is 5.32 Å². The van der Waals surface area contributed by atoms with E-state index >= 15 is 0 Å². The summed E-state index contributed by atoms with van der Waals surface area (Å²) in [7, 11) is 0. The van der Waals surface area contributed by atoms with Crippen LogP contribution in [0.4, 0.5) is 0 Å². The Hall–Kier alpha value is -0.160. The van der Waals surface area contributed by atoms with Gasteiger partial charge in [0, 0.05) is 18.6 Å². The molecule has 0 aromatic carbocycles. The molecule has 0 aromatic rings. The third-order valence-corrected chi connectivity index (χ3v) is 1.43. The zero-order valence-electron chi connectivity index (χ0n) is 7.88. The minimum Gasteiger partial charge on any atom is -0.395 e. The SMILES string of the molecule is CC(C)(N)CC(O)CNCCO. The van der Waals surface area contributed by atoms with Crippen LogP contribution in [0.5, 0.6) is 0 Å².